The van der Waals surface area contributed by atoms with E-state index in [0.717, 1.165) is 4.90 Å². The Hall–Kier alpha value is -3.60. The van der Waals surface area contributed by atoms with Crippen LogP contribution in [-0.2, 0) is 19.1 Å². The van der Waals surface area contributed by atoms with Crippen LogP contribution >= 0.6 is 0 Å². The predicted molar refractivity (Wildman–Crippen MR) is 104 cm³/mol. The van der Waals surface area contributed by atoms with Crippen LogP contribution in [0.3, 0.4) is 0 Å². The van der Waals surface area contributed by atoms with Crippen LogP contribution in [0.2, 0.25) is 0 Å². The quantitative estimate of drug-likeness (QED) is 0.394. The summed E-state index contributed by atoms with van der Waals surface area (Å²) in [6, 6.07) is 7.02. The van der Waals surface area contributed by atoms with Crippen molar-refractivity contribution < 1.29 is 28.6 Å². The van der Waals surface area contributed by atoms with Gasteiger partial charge in [0.15, 0.2) is 11.5 Å². The summed E-state index contributed by atoms with van der Waals surface area (Å²) in [6.45, 7) is 4.83. The van der Waals surface area contributed by atoms with Gasteiger partial charge in [-0.15, -0.1) is 0 Å². The standard InChI is InChI=1S/C21H22N2O6/c1-5-28-18-7-6-15(11-19(18)27-4)10-16-13(2)17(12-22)21(26)23(20(16)25)8-9-29-14(3)24/h6-7,10-11H,5,8-9H2,1-4H3/b16-10+. The molecule has 29 heavy (non-hydrogen) atoms. The van der Waals surface area contributed by atoms with Crippen LogP contribution in [0, 0.1) is 11.3 Å². The second kappa shape index (κ2) is 9.55. The lowest BCUT2D eigenvalue weighted by molar-refractivity contribution is -0.147. The highest BCUT2D eigenvalue weighted by Crippen LogP contribution is 2.31. The topological polar surface area (TPSA) is 106 Å². The molecule has 0 saturated carbocycles. The normalized spacial score (nSPS) is 15.4. The average molecular weight is 398 g/mol. The highest BCUT2D eigenvalue weighted by molar-refractivity contribution is 6.19. The third-order valence-corrected chi connectivity index (χ3v) is 4.24. The number of hydrogen-bond acceptors (Lipinski definition) is 7. The summed E-state index contributed by atoms with van der Waals surface area (Å²) >= 11 is 0. The fraction of sp³-hybridized carbons (Fsp3) is 0.333. The summed E-state index contributed by atoms with van der Waals surface area (Å²) < 4.78 is 15.6. The Morgan fingerprint density at radius 1 is 1.24 bits per heavy atom. The van der Waals surface area contributed by atoms with Gasteiger partial charge in [-0.05, 0) is 43.2 Å². The number of methoxy groups -OCH3 is 1. The zero-order chi connectivity index (χ0) is 21.6. The first-order valence-corrected chi connectivity index (χ1v) is 8.97. The smallest absolute Gasteiger partial charge is 0.302 e. The fourth-order valence-corrected chi connectivity index (χ4v) is 2.83. The Bertz CT molecular complexity index is 939. The molecule has 1 aromatic carbocycles. The summed E-state index contributed by atoms with van der Waals surface area (Å²) in [4.78, 5) is 37.3. The predicted octanol–water partition coefficient (Wildman–Crippen LogP) is 2.25. The molecule has 0 bridgehead atoms. The molecule has 1 aliphatic rings. The van der Waals surface area contributed by atoms with Crippen LogP contribution in [0.15, 0.2) is 34.9 Å². The molecular weight excluding hydrogens is 376 g/mol. The van der Waals surface area contributed by atoms with Crippen molar-refractivity contribution in [2.24, 2.45) is 0 Å². The largest absolute Gasteiger partial charge is 0.493 e. The van der Waals surface area contributed by atoms with Crippen molar-refractivity contribution in [3.05, 3.63) is 40.5 Å². The fourth-order valence-electron chi connectivity index (χ4n) is 2.83. The van der Waals surface area contributed by atoms with Crippen molar-refractivity contribution in [2.45, 2.75) is 20.8 Å². The van der Waals surface area contributed by atoms with Gasteiger partial charge in [-0.2, -0.15) is 5.26 Å². The van der Waals surface area contributed by atoms with E-state index in [1.54, 1.807) is 31.2 Å². The van der Waals surface area contributed by atoms with E-state index >= 15 is 0 Å². The number of nitrogens with zero attached hydrogens (tertiary/aromatic N) is 2. The lowest BCUT2D eigenvalue weighted by atomic mass is 9.93. The lowest BCUT2D eigenvalue weighted by Gasteiger charge is -2.27. The molecule has 0 saturated heterocycles. The monoisotopic (exact) mass is 398 g/mol. The van der Waals surface area contributed by atoms with Gasteiger partial charge in [0.1, 0.15) is 18.2 Å². The number of imide groups is 1. The molecule has 152 valence electrons. The zero-order valence-corrected chi connectivity index (χ0v) is 16.8. The highest BCUT2D eigenvalue weighted by Gasteiger charge is 2.35. The molecule has 0 atom stereocenters. The molecule has 0 aliphatic carbocycles. The van der Waals surface area contributed by atoms with Gasteiger partial charge in [-0.1, -0.05) is 6.07 Å². The molecule has 0 radical (unpaired) electrons. The molecule has 0 spiro atoms. The average Bonchev–Trinajstić information content (AvgIpc) is 2.69. The van der Waals surface area contributed by atoms with E-state index in [1.807, 2.05) is 13.0 Å². The first-order valence-electron chi connectivity index (χ1n) is 8.97. The van der Waals surface area contributed by atoms with Crippen molar-refractivity contribution >= 4 is 23.9 Å². The number of benzene rings is 1. The zero-order valence-electron chi connectivity index (χ0n) is 16.8. The molecule has 1 heterocycles. The van der Waals surface area contributed by atoms with Gasteiger partial charge in [0, 0.05) is 12.5 Å². The second-order valence-electron chi connectivity index (χ2n) is 6.12. The minimum atomic E-state index is -0.705. The van der Waals surface area contributed by atoms with Crippen LogP contribution < -0.4 is 9.47 Å². The Morgan fingerprint density at radius 2 is 1.97 bits per heavy atom. The van der Waals surface area contributed by atoms with Crippen LogP contribution in [0.25, 0.3) is 6.08 Å². The Kier molecular flexibility index (Phi) is 7.15. The van der Waals surface area contributed by atoms with Crippen molar-refractivity contribution in [1.82, 2.24) is 4.90 Å². The number of nitriles is 1. The van der Waals surface area contributed by atoms with Gasteiger partial charge in [0.05, 0.1) is 20.3 Å². The van der Waals surface area contributed by atoms with E-state index in [1.165, 1.54) is 14.0 Å². The summed E-state index contributed by atoms with van der Waals surface area (Å²) in [7, 11) is 1.51. The highest BCUT2D eigenvalue weighted by atomic mass is 16.5. The third kappa shape index (κ3) is 4.82. The van der Waals surface area contributed by atoms with E-state index < -0.39 is 17.8 Å². The molecule has 8 nitrogen and oxygen atoms in total. The molecule has 1 aliphatic heterocycles. The molecule has 2 amide bonds. The summed E-state index contributed by atoms with van der Waals surface area (Å²) in [5.41, 5.74) is 1.01. The molecule has 0 fully saturated rings. The van der Waals surface area contributed by atoms with Gasteiger partial charge in [-0.3, -0.25) is 19.3 Å². The van der Waals surface area contributed by atoms with Gasteiger partial charge in [0.25, 0.3) is 11.8 Å². The van der Waals surface area contributed by atoms with Crippen LogP contribution in [0.4, 0.5) is 0 Å². The van der Waals surface area contributed by atoms with E-state index in [4.69, 9.17) is 14.2 Å². The van der Waals surface area contributed by atoms with Crippen LogP contribution in [-0.4, -0.2) is 49.6 Å². The Labute approximate surface area is 168 Å². The van der Waals surface area contributed by atoms with Gasteiger partial charge < -0.3 is 14.2 Å². The number of carbonyl (C=O) groups is 3. The van der Waals surface area contributed by atoms with Crippen molar-refractivity contribution in [1.29, 1.82) is 5.26 Å². The van der Waals surface area contributed by atoms with E-state index in [9.17, 15) is 19.6 Å². The minimum absolute atomic E-state index is 0.128. The maximum atomic E-state index is 12.9. The molecular formula is C21H22N2O6. The second-order valence-corrected chi connectivity index (χ2v) is 6.12. The molecule has 0 unspecified atom stereocenters. The van der Waals surface area contributed by atoms with Crippen molar-refractivity contribution in [3.63, 3.8) is 0 Å². The van der Waals surface area contributed by atoms with E-state index in [0.29, 0.717) is 29.2 Å². The summed E-state index contributed by atoms with van der Waals surface area (Å²) in [6.07, 6.45) is 1.58. The Balaban J connectivity index is 2.45. The minimum Gasteiger partial charge on any atom is -0.493 e. The molecule has 2 rings (SSSR count). The third-order valence-electron chi connectivity index (χ3n) is 4.24. The molecule has 0 N–H and O–H groups in total. The molecule has 8 heteroatoms. The SMILES string of the molecule is CCOc1ccc(/C=C2/C(=O)N(CCOC(C)=O)C(=O)C(C#N)=C2C)cc1OC. The maximum absolute atomic E-state index is 12.9. The van der Waals surface area contributed by atoms with Gasteiger partial charge in [0.2, 0.25) is 0 Å². The summed E-state index contributed by atoms with van der Waals surface area (Å²) in [5, 5.41) is 9.40. The van der Waals surface area contributed by atoms with Crippen molar-refractivity contribution in [2.75, 3.05) is 26.9 Å². The number of esters is 1. The summed E-state index contributed by atoms with van der Waals surface area (Å²) in [5.74, 6) is -0.730. The maximum Gasteiger partial charge on any atom is 0.302 e. The first-order chi connectivity index (χ1) is 13.8. The van der Waals surface area contributed by atoms with E-state index in [2.05, 4.69) is 0 Å². The number of hydrogen-bond donors (Lipinski definition) is 0. The Morgan fingerprint density at radius 3 is 2.55 bits per heavy atom. The van der Waals surface area contributed by atoms with E-state index in [-0.39, 0.29) is 24.3 Å². The lowest BCUT2D eigenvalue weighted by Crippen LogP contribution is -2.44. The number of ether oxygens (including phenoxy) is 3. The molecule has 0 aromatic heterocycles. The first kappa shape index (κ1) is 21.7. The number of rotatable bonds is 7. The molecule has 1 aromatic rings. The van der Waals surface area contributed by atoms with Crippen LogP contribution in [0.5, 0.6) is 11.5 Å². The van der Waals surface area contributed by atoms with Gasteiger partial charge in [-0.25, -0.2) is 0 Å². The number of carbonyl (C=O) groups excluding carboxylic acids is 3. The van der Waals surface area contributed by atoms with Gasteiger partial charge >= 0.3 is 5.97 Å². The van der Waals surface area contributed by atoms with Crippen molar-refractivity contribution in [3.8, 4) is 17.6 Å². The van der Waals surface area contributed by atoms with Crippen LogP contribution in [0.1, 0.15) is 26.3 Å². The number of amides is 2.